The van der Waals surface area contributed by atoms with E-state index in [2.05, 4.69) is 22.6 Å². The highest BCUT2D eigenvalue weighted by atomic mass is 35.5. The molecule has 0 unspecified atom stereocenters. The fourth-order valence-electron chi connectivity index (χ4n) is 3.03. The van der Waals surface area contributed by atoms with E-state index < -0.39 is 0 Å². The summed E-state index contributed by atoms with van der Waals surface area (Å²) in [5, 5.41) is 12.0. The first kappa shape index (κ1) is 19.0. The van der Waals surface area contributed by atoms with Gasteiger partial charge in [-0.05, 0) is 66.9 Å². The molecule has 0 aliphatic rings. The highest BCUT2D eigenvalue weighted by Crippen LogP contribution is 2.20. The molecule has 1 amide bonds. The van der Waals surface area contributed by atoms with Crippen molar-refractivity contribution in [1.29, 1.82) is 0 Å². The van der Waals surface area contributed by atoms with Gasteiger partial charge in [-0.15, -0.1) is 5.10 Å². The number of halogens is 1. The van der Waals surface area contributed by atoms with Crippen molar-refractivity contribution in [2.75, 3.05) is 0 Å². The van der Waals surface area contributed by atoms with Gasteiger partial charge in [0.05, 0.1) is 5.69 Å². The minimum absolute atomic E-state index is 0.258. The number of amides is 1. The number of nitrogens with one attached hydrogen (secondary N) is 1. The van der Waals surface area contributed by atoms with Crippen molar-refractivity contribution in [3.8, 4) is 11.5 Å². The molecular weight excluding hydrogens is 386 g/mol. The summed E-state index contributed by atoms with van der Waals surface area (Å²) < 4.78 is 3.52. The minimum Gasteiger partial charge on any atom is -0.346 e. The molecule has 0 aliphatic heterocycles. The fraction of sp³-hybridized carbons (Fsp3) is 0.136. The molecule has 0 aliphatic carbocycles. The summed E-state index contributed by atoms with van der Waals surface area (Å²) in [5.74, 6) is 0.297. The maximum atomic E-state index is 12.9. The number of hydrogen-bond donors (Lipinski definition) is 1. The predicted octanol–water partition coefficient (Wildman–Crippen LogP) is 4.26. The van der Waals surface area contributed by atoms with Gasteiger partial charge in [0.1, 0.15) is 0 Å². The molecule has 4 rings (SSSR count). The van der Waals surface area contributed by atoms with Crippen molar-refractivity contribution in [2.24, 2.45) is 0 Å². The lowest BCUT2D eigenvalue weighted by atomic mass is 10.1. The Kier molecular flexibility index (Phi) is 5.18. The van der Waals surface area contributed by atoms with Crippen LogP contribution in [0.3, 0.4) is 0 Å². The van der Waals surface area contributed by atoms with E-state index in [9.17, 15) is 4.79 Å². The first-order valence-electron chi connectivity index (χ1n) is 9.22. The Balaban J connectivity index is 1.68. The van der Waals surface area contributed by atoms with Crippen molar-refractivity contribution in [3.63, 3.8) is 0 Å². The normalized spacial score (nSPS) is 10.9. The van der Waals surface area contributed by atoms with Crippen LogP contribution >= 0.6 is 11.6 Å². The molecule has 0 saturated carbocycles. The summed E-state index contributed by atoms with van der Waals surface area (Å²) in [6.07, 6.45) is 3.73. The molecule has 6 nitrogen and oxygen atoms in total. The van der Waals surface area contributed by atoms with Crippen molar-refractivity contribution < 1.29 is 4.79 Å². The number of carbonyl (C=O) groups excluding carboxylic acids is 1. The third-order valence-electron chi connectivity index (χ3n) is 4.81. The first-order chi connectivity index (χ1) is 14.0. The quantitative estimate of drug-likeness (QED) is 0.539. The van der Waals surface area contributed by atoms with Crippen LogP contribution in [0.5, 0.6) is 0 Å². The van der Waals surface area contributed by atoms with Crippen molar-refractivity contribution >= 4 is 17.5 Å². The van der Waals surface area contributed by atoms with Crippen LogP contribution < -0.4 is 5.32 Å². The molecule has 4 aromatic rings. The molecular formula is C22H20ClN5O. The van der Waals surface area contributed by atoms with E-state index in [0.29, 0.717) is 17.4 Å². The zero-order valence-electron chi connectivity index (χ0n) is 16.1. The van der Waals surface area contributed by atoms with Crippen LogP contribution in [0.15, 0.2) is 67.0 Å². The lowest BCUT2D eigenvalue weighted by Gasteiger charge is -2.11. The number of aromatic nitrogens is 4. The van der Waals surface area contributed by atoms with Crippen molar-refractivity contribution in [1.82, 2.24) is 24.9 Å². The zero-order valence-corrected chi connectivity index (χ0v) is 16.9. The Bertz CT molecular complexity index is 1150. The van der Waals surface area contributed by atoms with Gasteiger partial charge in [-0.2, -0.15) is 4.68 Å². The Morgan fingerprint density at radius 1 is 1.03 bits per heavy atom. The van der Waals surface area contributed by atoms with Gasteiger partial charge in [0.2, 0.25) is 0 Å². The maximum absolute atomic E-state index is 12.9. The smallest absolute Gasteiger partial charge is 0.276 e. The van der Waals surface area contributed by atoms with Gasteiger partial charge in [0.15, 0.2) is 11.5 Å². The average Bonchev–Trinajstić information content (AvgIpc) is 3.38. The van der Waals surface area contributed by atoms with Gasteiger partial charge in [0.25, 0.3) is 5.91 Å². The Morgan fingerprint density at radius 2 is 1.76 bits per heavy atom. The second-order valence-electron chi connectivity index (χ2n) is 6.84. The first-order valence-corrected chi connectivity index (χ1v) is 9.60. The van der Waals surface area contributed by atoms with Gasteiger partial charge in [0, 0.05) is 24.0 Å². The van der Waals surface area contributed by atoms with Crippen LogP contribution in [0.1, 0.15) is 27.2 Å². The van der Waals surface area contributed by atoms with Crippen LogP contribution in [-0.2, 0) is 6.54 Å². The van der Waals surface area contributed by atoms with Gasteiger partial charge in [-0.1, -0.05) is 35.0 Å². The van der Waals surface area contributed by atoms with Crippen LogP contribution in [0.25, 0.3) is 11.5 Å². The molecule has 1 N–H and O–H groups in total. The molecule has 0 bridgehead atoms. The highest BCUT2D eigenvalue weighted by Gasteiger charge is 2.22. The Labute approximate surface area is 173 Å². The number of aryl methyl sites for hydroxylation is 2. The number of benzene rings is 2. The highest BCUT2D eigenvalue weighted by molar-refractivity contribution is 6.30. The van der Waals surface area contributed by atoms with E-state index in [-0.39, 0.29) is 11.6 Å². The van der Waals surface area contributed by atoms with Crippen molar-refractivity contribution in [3.05, 3.63) is 94.4 Å². The van der Waals surface area contributed by atoms with Gasteiger partial charge < -0.3 is 9.88 Å². The van der Waals surface area contributed by atoms with Gasteiger partial charge >= 0.3 is 0 Å². The number of rotatable bonds is 5. The second kappa shape index (κ2) is 7.93. The summed E-state index contributed by atoms with van der Waals surface area (Å²) in [7, 11) is 0. The van der Waals surface area contributed by atoms with E-state index >= 15 is 0 Å². The number of carbonyl (C=O) groups is 1. The molecule has 2 aromatic carbocycles. The molecule has 0 atom stereocenters. The largest absolute Gasteiger partial charge is 0.346 e. The molecule has 0 radical (unpaired) electrons. The minimum atomic E-state index is -0.293. The van der Waals surface area contributed by atoms with Crippen LogP contribution in [0.4, 0.5) is 0 Å². The lowest BCUT2D eigenvalue weighted by molar-refractivity contribution is 0.0946. The molecule has 29 heavy (non-hydrogen) atoms. The number of hydrogen-bond acceptors (Lipinski definition) is 3. The Hall–Kier alpha value is -3.38. The van der Waals surface area contributed by atoms with E-state index in [1.807, 2.05) is 66.3 Å². The lowest BCUT2D eigenvalue weighted by Crippen LogP contribution is -2.24. The SMILES string of the molecule is Cc1ccc(-n2nnc(C(=O)NCc3ccc(Cl)cc3)c2-n2cccc2)cc1C. The third kappa shape index (κ3) is 3.93. The molecule has 7 heteroatoms. The third-order valence-corrected chi connectivity index (χ3v) is 5.06. The fourth-order valence-corrected chi connectivity index (χ4v) is 3.16. The van der Waals surface area contributed by atoms with E-state index in [1.54, 1.807) is 16.8 Å². The monoisotopic (exact) mass is 405 g/mol. The molecule has 0 spiro atoms. The van der Waals surface area contributed by atoms with E-state index in [0.717, 1.165) is 16.8 Å². The summed E-state index contributed by atoms with van der Waals surface area (Å²) in [6.45, 7) is 4.48. The van der Waals surface area contributed by atoms with Crippen molar-refractivity contribution in [2.45, 2.75) is 20.4 Å². The van der Waals surface area contributed by atoms with Crippen LogP contribution in [0, 0.1) is 13.8 Å². The zero-order chi connectivity index (χ0) is 20.4. The van der Waals surface area contributed by atoms with E-state index in [4.69, 9.17) is 11.6 Å². The molecule has 146 valence electrons. The second-order valence-corrected chi connectivity index (χ2v) is 7.28. The van der Waals surface area contributed by atoms with Crippen LogP contribution in [0.2, 0.25) is 5.02 Å². The topological polar surface area (TPSA) is 64.7 Å². The molecule has 0 saturated heterocycles. The summed E-state index contributed by atoms with van der Waals surface area (Å²) in [4.78, 5) is 12.9. The molecule has 2 aromatic heterocycles. The summed E-state index contributed by atoms with van der Waals surface area (Å²) in [5.41, 5.74) is 4.39. The molecule has 2 heterocycles. The summed E-state index contributed by atoms with van der Waals surface area (Å²) >= 11 is 5.92. The van der Waals surface area contributed by atoms with Crippen LogP contribution in [-0.4, -0.2) is 25.5 Å². The van der Waals surface area contributed by atoms with E-state index in [1.165, 1.54) is 5.56 Å². The number of nitrogens with zero attached hydrogens (tertiary/aromatic N) is 4. The standard InChI is InChI=1S/C22H20ClN5O/c1-15-5-10-19(13-16(15)2)28-22(27-11-3-4-12-27)20(25-26-28)21(29)24-14-17-6-8-18(23)9-7-17/h3-13H,14H2,1-2H3,(H,24,29). The molecule has 0 fully saturated rings. The predicted molar refractivity (Wildman–Crippen MR) is 113 cm³/mol. The summed E-state index contributed by atoms with van der Waals surface area (Å²) in [6, 6.07) is 17.2. The van der Waals surface area contributed by atoms with Gasteiger partial charge in [-0.25, -0.2) is 0 Å². The Morgan fingerprint density at radius 3 is 2.45 bits per heavy atom. The van der Waals surface area contributed by atoms with Gasteiger partial charge in [-0.3, -0.25) is 4.79 Å². The maximum Gasteiger partial charge on any atom is 0.276 e. The average molecular weight is 406 g/mol.